The molecular weight excluding hydrogens is 447 g/mol. The lowest BCUT2D eigenvalue weighted by atomic mass is 9.96. The third kappa shape index (κ3) is 5.53. The number of piperazine rings is 1. The van der Waals surface area contributed by atoms with Crippen LogP contribution in [0.15, 0.2) is 24.3 Å². The number of rotatable bonds is 5. The summed E-state index contributed by atoms with van der Waals surface area (Å²) in [6.07, 6.45) is 1.51. The van der Waals surface area contributed by atoms with Crippen LogP contribution in [0.1, 0.15) is 39.4 Å². The highest BCUT2D eigenvalue weighted by atomic mass is 32.1. The minimum Gasteiger partial charge on any atom is -0.340 e. The first-order valence-corrected chi connectivity index (χ1v) is 12.0. The van der Waals surface area contributed by atoms with Crippen molar-refractivity contribution in [1.29, 1.82) is 0 Å². The van der Waals surface area contributed by atoms with Crippen molar-refractivity contribution >= 4 is 34.7 Å². The van der Waals surface area contributed by atoms with Gasteiger partial charge in [-0.1, -0.05) is 18.3 Å². The van der Waals surface area contributed by atoms with Gasteiger partial charge < -0.3 is 20.0 Å². The third-order valence-corrected chi connectivity index (χ3v) is 7.00. The monoisotopic (exact) mass is 474 g/mol. The molecule has 2 fully saturated rings. The lowest BCUT2D eigenvalue weighted by Gasteiger charge is -2.38. The molecule has 11 heteroatoms. The number of halogens is 1. The summed E-state index contributed by atoms with van der Waals surface area (Å²) < 4.78 is 13.0. The average molecular weight is 475 g/mol. The first kappa shape index (κ1) is 23.2. The highest BCUT2D eigenvalue weighted by Gasteiger charge is 2.34. The smallest absolute Gasteiger partial charge is 0.286 e. The molecule has 0 spiro atoms. The second-order valence-corrected chi connectivity index (χ2v) is 9.20. The summed E-state index contributed by atoms with van der Waals surface area (Å²) in [6.45, 7) is 7.20. The van der Waals surface area contributed by atoms with Crippen molar-refractivity contribution in [3.63, 3.8) is 0 Å². The van der Waals surface area contributed by atoms with E-state index in [1.807, 2.05) is 4.90 Å². The Labute approximate surface area is 195 Å². The number of benzene rings is 1. The topological polar surface area (TPSA) is 98.7 Å². The van der Waals surface area contributed by atoms with Crippen LogP contribution in [0.3, 0.4) is 0 Å². The molecule has 9 nitrogen and oxygen atoms in total. The molecule has 2 aliphatic heterocycles. The van der Waals surface area contributed by atoms with Gasteiger partial charge in [0.15, 0.2) is 0 Å². The van der Waals surface area contributed by atoms with E-state index in [9.17, 15) is 18.8 Å². The summed E-state index contributed by atoms with van der Waals surface area (Å²) in [5.74, 6) is -1.35. The summed E-state index contributed by atoms with van der Waals surface area (Å²) in [7, 11) is 0. The van der Waals surface area contributed by atoms with E-state index in [1.165, 1.54) is 24.3 Å². The summed E-state index contributed by atoms with van der Waals surface area (Å²) in [4.78, 5) is 44.3. The molecule has 4 rings (SSSR count). The predicted molar refractivity (Wildman–Crippen MR) is 122 cm³/mol. The van der Waals surface area contributed by atoms with Crippen molar-refractivity contribution in [3.05, 3.63) is 40.1 Å². The highest BCUT2D eigenvalue weighted by Crippen LogP contribution is 2.23. The van der Waals surface area contributed by atoms with Crippen LogP contribution in [0, 0.1) is 11.7 Å². The molecule has 2 aromatic rings. The molecule has 3 amide bonds. The maximum atomic E-state index is 13.0. The normalized spacial score (nSPS) is 19.4. The van der Waals surface area contributed by atoms with Gasteiger partial charge in [-0.2, -0.15) is 0 Å². The van der Waals surface area contributed by atoms with Gasteiger partial charge in [0.1, 0.15) is 5.82 Å². The van der Waals surface area contributed by atoms with Gasteiger partial charge >= 0.3 is 0 Å². The Bertz CT molecular complexity index is 1010. The van der Waals surface area contributed by atoms with Crippen LogP contribution < -0.4 is 5.32 Å². The van der Waals surface area contributed by atoms with Crippen molar-refractivity contribution in [2.75, 3.05) is 51.1 Å². The SMILES string of the molecule is CCN1CCN(C(=O)C2CCCN(C(=O)c3nnc(C(=O)Nc4ccc(F)cc4)s3)C2)CC1. The van der Waals surface area contributed by atoms with Gasteiger partial charge in [-0.15, -0.1) is 10.2 Å². The lowest BCUT2D eigenvalue weighted by Crippen LogP contribution is -2.52. The molecular formula is C22H27FN6O3S. The third-order valence-electron chi connectivity index (χ3n) is 6.09. The van der Waals surface area contributed by atoms with Gasteiger partial charge in [-0.25, -0.2) is 4.39 Å². The maximum absolute atomic E-state index is 13.0. The van der Waals surface area contributed by atoms with Crippen molar-refractivity contribution in [1.82, 2.24) is 24.9 Å². The van der Waals surface area contributed by atoms with E-state index in [-0.39, 0.29) is 27.7 Å². The van der Waals surface area contributed by atoms with Crippen LogP contribution in [-0.4, -0.2) is 88.4 Å². The quantitative estimate of drug-likeness (QED) is 0.711. The fourth-order valence-electron chi connectivity index (χ4n) is 4.16. The number of carbonyl (C=O) groups excluding carboxylic acids is 3. The molecule has 0 saturated carbocycles. The van der Waals surface area contributed by atoms with Gasteiger partial charge in [0, 0.05) is 45.0 Å². The highest BCUT2D eigenvalue weighted by molar-refractivity contribution is 7.15. The number of likely N-dealkylation sites (tertiary alicyclic amines) is 1. The summed E-state index contributed by atoms with van der Waals surface area (Å²) in [5, 5.41) is 10.5. The minimum atomic E-state index is -0.518. The standard InChI is InChI=1S/C22H27FN6O3S/c1-2-27-10-12-28(13-11-27)21(31)15-4-3-9-29(14-15)22(32)20-26-25-19(33-20)18(30)24-17-7-5-16(23)6-8-17/h5-8,15H,2-4,9-14H2,1H3,(H,24,30). The Morgan fingerprint density at radius 3 is 2.42 bits per heavy atom. The minimum absolute atomic E-state index is 0.0427. The van der Waals surface area contributed by atoms with Crippen LogP contribution in [0.5, 0.6) is 0 Å². The maximum Gasteiger partial charge on any atom is 0.286 e. The number of piperidine rings is 1. The predicted octanol–water partition coefficient (Wildman–Crippen LogP) is 1.95. The molecule has 2 saturated heterocycles. The fourth-order valence-corrected chi connectivity index (χ4v) is 4.87. The number of hydrogen-bond acceptors (Lipinski definition) is 7. The summed E-state index contributed by atoms with van der Waals surface area (Å²) in [5.41, 5.74) is 0.418. The van der Waals surface area contributed by atoms with Crippen LogP contribution in [0.25, 0.3) is 0 Å². The zero-order chi connectivity index (χ0) is 23.4. The van der Waals surface area contributed by atoms with E-state index in [1.54, 1.807) is 4.90 Å². The molecule has 33 heavy (non-hydrogen) atoms. The molecule has 2 aliphatic rings. The van der Waals surface area contributed by atoms with Crippen molar-refractivity contribution in [3.8, 4) is 0 Å². The Morgan fingerprint density at radius 1 is 1.03 bits per heavy atom. The Balaban J connectivity index is 1.35. The number of nitrogens with zero attached hydrogens (tertiary/aromatic N) is 5. The Kier molecular flexibility index (Phi) is 7.29. The van der Waals surface area contributed by atoms with Gasteiger partial charge in [0.25, 0.3) is 11.8 Å². The molecule has 176 valence electrons. The number of aromatic nitrogens is 2. The number of nitrogens with one attached hydrogen (secondary N) is 1. The Morgan fingerprint density at radius 2 is 1.73 bits per heavy atom. The molecule has 0 aliphatic carbocycles. The van der Waals surface area contributed by atoms with Crippen molar-refractivity contribution in [2.45, 2.75) is 19.8 Å². The first-order valence-electron chi connectivity index (χ1n) is 11.2. The second-order valence-electron chi connectivity index (χ2n) is 8.22. The summed E-state index contributed by atoms with van der Waals surface area (Å²) in [6, 6.07) is 5.35. The lowest BCUT2D eigenvalue weighted by molar-refractivity contribution is -0.138. The van der Waals surface area contributed by atoms with E-state index in [0.29, 0.717) is 18.8 Å². The zero-order valence-corrected chi connectivity index (χ0v) is 19.3. The molecule has 0 radical (unpaired) electrons. The van der Waals surface area contributed by atoms with E-state index in [2.05, 4.69) is 27.3 Å². The number of anilines is 1. The molecule has 1 N–H and O–H groups in total. The van der Waals surface area contributed by atoms with Gasteiger partial charge in [-0.05, 0) is 43.7 Å². The second kappa shape index (κ2) is 10.3. The van der Waals surface area contributed by atoms with Gasteiger partial charge in [-0.3, -0.25) is 14.4 Å². The zero-order valence-electron chi connectivity index (χ0n) is 18.5. The number of carbonyl (C=O) groups is 3. The number of likely N-dealkylation sites (N-methyl/N-ethyl adjacent to an activating group) is 1. The molecule has 1 aromatic carbocycles. The number of amides is 3. The largest absolute Gasteiger partial charge is 0.340 e. The summed E-state index contributed by atoms with van der Waals surface area (Å²) >= 11 is 0.905. The van der Waals surface area contributed by atoms with Crippen LogP contribution in [0.4, 0.5) is 10.1 Å². The number of hydrogen-bond donors (Lipinski definition) is 1. The molecule has 1 aromatic heterocycles. The molecule has 3 heterocycles. The fraction of sp³-hybridized carbons (Fsp3) is 0.500. The van der Waals surface area contributed by atoms with Gasteiger partial charge in [0.2, 0.25) is 15.9 Å². The van der Waals surface area contributed by atoms with Crippen molar-refractivity contribution in [2.24, 2.45) is 5.92 Å². The van der Waals surface area contributed by atoms with E-state index < -0.39 is 11.7 Å². The van der Waals surface area contributed by atoms with Crippen LogP contribution in [-0.2, 0) is 4.79 Å². The van der Waals surface area contributed by atoms with E-state index in [0.717, 1.165) is 56.9 Å². The molecule has 0 bridgehead atoms. The van der Waals surface area contributed by atoms with Gasteiger partial charge in [0.05, 0.1) is 5.92 Å². The van der Waals surface area contributed by atoms with E-state index >= 15 is 0 Å². The Hall–Kier alpha value is -2.92. The van der Waals surface area contributed by atoms with E-state index in [4.69, 9.17) is 0 Å². The average Bonchev–Trinajstić information content (AvgIpc) is 3.35. The molecule has 1 unspecified atom stereocenters. The van der Waals surface area contributed by atoms with Crippen LogP contribution >= 0.6 is 11.3 Å². The first-order chi connectivity index (χ1) is 15.9. The van der Waals surface area contributed by atoms with Crippen molar-refractivity contribution < 1.29 is 18.8 Å². The molecule has 1 atom stereocenters. The van der Waals surface area contributed by atoms with Crippen LogP contribution in [0.2, 0.25) is 0 Å².